The molecule has 2 aliphatic rings. The van der Waals surface area contributed by atoms with Gasteiger partial charge in [-0.25, -0.2) is 9.79 Å². The van der Waals surface area contributed by atoms with E-state index in [1.807, 2.05) is 17.9 Å². The molecule has 0 aromatic carbocycles. The Balaban J connectivity index is 1.76. The predicted octanol–water partition coefficient (Wildman–Crippen LogP) is 2.09. The molecule has 0 aromatic rings. The molecular formula is C20H34N4O3. The molecule has 152 valence electrons. The summed E-state index contributed by atoms with van der Waals surface area (Å²) < 4.78 is 5.74. The molecule has 2 aliphatic heterocycles. The van der Waals surface area contributed by atoms with Gasteiger partial charge in [-0.05, 0) is 32.4 Å². The number of carbonyl (C=O) groups is 1. The summed E-state index contributed by atoms with van der Waals surface area (Å²) in [6, 6.07) is 0.519. The van der Waals surface area contributed by atoms with Crippen LogP contribution in [0.5, 0.6) is 0 Å². The maximum absolute atomic E-state index is 12.4. The fourth-order valence-electron chi connectivity index (χ4n) is 3.38. The van der Waals surface area contributed by atoms with E-state index in [2.05, 4.69) is 35.2 Å². The minimum Gasteiger partial charge on any atom is -0.446 e. The minimum atomic E-state index is -0.180. The van der Waals surface area contributed by atoms with E-state index in [0.717, 1.165) is 57.9 Å². The Kier molecular flexibility index (Phi) is 8.31. The van der Waals surface area contributed by atoms with Crippen LogP contribution < -0.4 is 0 Å². The third kappa shape index (κ3) is 6.36. The topological polar surface area (TPSA) is 68.6 Å². The Morgan fingerprint density at radius 3 is 2.33 bits per heavy atom. The molecular weight excluding hydrogens is 344 g/mol. The quantitative estimate of drug-likeness (QED) is 0.717. The Labute approximate surface area is 163 Å². The van der Waals surface area contributed by atoms with Crippen molar-refractivity contribution in [2.45, 2.75) is 45.8 Å². The van der Waals surface area contributed by atoms with Crippen LogP contribution in [0.25, 0.3) is 0 Å². The van der Waals surface area contributed by atoms with Gasteiger partial charge in [-0.3, -0.25) is 4.90 Å². The Morgan fingerprint density at radius 2 is 1.81 bits per heavy atom. The number of aliphatic hydroxyl groups excluding tert-OH is 1. The number of likely N-dealkylation sites (tertiary alicyclic amines) is 1. The van der Waals surface area contributed by atoms with Gasteiger partial charge in [0.1, 0.15) is 11.9 Å². The highest BCUT2D eigenvalue weighted by molar-refractivity contribution is 5.78. The number of hydrogen-bond donors (Lipinski definition) is 1. The summed E-state index contributed by atoms with van der Waals surface area (Å²) in [6.45, 7) is 14.8. The van der Waals surface area contributed by atoms with Gasteiger partial charge in [0.15, 0.2) is 0 Å². The van der Waals surface area contributed by atoms with E-state index in [0.29, 0.717) is 11.6 Å². The van der Waals surface area contributed by atoms with E-state index in [4.69, 9.17) is 9.84 Å². The highest BCUT2D eigenvalue weighted by atomic mass is 16.6. The first-order valence-corrected chi connectivity index (χ1v) is 9.88. The van der Waals surface area contributed by atoms with Crippen LogP contribution in [0.1, 0.15) is 33.6 Å². The fraction of sp³-hybridized carbons (Fsp3) is 0.700. The Hall–Kier alpha value is -1.86. The molecule has 2 saturated heterocycles. The van der Waals surface area contributed by atoms with Gasteiger partial charge >= 0.3 is 6.09 Å². The third-order valence-electron chi connectivity index (χ3n) is 5.18. The van der Waals surface area contributed by atoms with Crippen LogP contribution >= 0.6 is 0 Å². The van der Waals surface area contributed by atoms with E-state index in [1.165, 1.54) is 0 Å². The largest absolute Gasteiger partial charge is 0.446 e. The molecule has 0 aromatic heterocycles. The van der Waals surface area contributed by atoms with Crippen LogP contribution in [0.3, 0.4) is 0 Å². The lowest BCUT2D eigenvalue weighted by Crippen LogP contribution is -2.51. The first-order valence-electron chi connectivity index (χ1n) is 9.88. The second-order valence-corrected chi connectivity index (χ2v) is 7.41. The zero-order valence-corrected chi connectivity index (χ0v) is 16.9. The molecule has 0 radical (unpaired) electrons. The number of nitrogens with zero attached hydrogens (tertiary/aromatic N) is 4. The number of aliphatic hydroxyl groups is 1. The van der Waals surface area contributed by atoms with Crippen LogP contribution in [0, 0.1) is 0 Å². The van der Waals surface area contributed by atoms with Crippen molar-refractivity contribution in [3.05, 3.63) is 24.0 Å². The molecule has 0 bridgehead atoms. The van der Waals surface area contributed by atoms with E-state index in [9.17, 15) is 4.79 Å². The molecule has 0 saturated carbocycles. The number of amides is 1. The summed E-state index contributed by atoms with van der Waals surface area (Å²) >= 11 is 0. The molecule has 7 heteroatoms. The molecule has 0 atom stereocenters. The van der Waals surface area contributed by atoms with Gasteiger partial charge in [0, 0.05) is 64.4 Å². The number of ether oxygens (including phenoxy) is 1. The first kappa shape index (κ1) is 21.4. The molecule has 1 amide bonds. The van der Waals surface area contributed by atoms with Gasteiger partial charge in [0.25, 0.3) is 0 Å². The number of aliphatic imine (C=N–C) groups is 1. The standard InChI is InChI=1S/C20H34N4O3/c1-5-19(21-14-17(4)15-25)23-8-6-18(7-9-23)27-20(26)24-12-10-22(11-13-24)16(2)3/h5,14,16,18,25H,4,6-13,15H2,1-3H3. The van der Waals surface area contributed by atoms with Crippen molar-refractivity contribution in [3.8, 4) is 0 Å². The number of carbonyl (C=O) groups excluding carboxylic acids is 1. The summed E-state index contributed by atoms with van der Waals surface area (Å²) in [5.41, 5.74) is 0.579. The molecule has 0 aliphatic carbocycles. The second kappa shape index (κ2) is 10.5. The zero-order chi connectivity index (χ0) is 19.8. The summed E-state index contributed by atoms with van der Waals surface area (Å²) in [7, 11) is 0. The van der Waals surface area contributed by atoms with Crippen LogP contribution in [-0.4, -0.2) is 90.1 Å². The predicted molar refractivity (Wildman–Crippen MR) is 108 cm³/mol. The SMILES string of the molecule is C=C(C=NC(=CC)N1CCC(OC(=O)N2CCN(C(C)C)CC2)CC1)CO. The van der Waals surface area contributed by atoms with Crippen molar-refractivity contribution in [1.82, 2.24) is 14.7 Å². The molecule has 27 heavy (non-hydrogen) atoms. The number of allylic oxidation sites excluding steroid dienone is 1. The molecule has 7 nitrogen and oxygen atoms in total. The van der Waals surface area contributed by atoms with Gasteiger partial charge in [-0.1, -0.05) is 6.58 Å². The molecule has 1 N–H and O–H groups in total. The number of piperazine rings is 1. The Bertz CT molecular complexity index is 558. The van der Waals surface area contributed by atoms with Gasteiger partial charge < -0.3 is 19.6 Å². The number of piperidine rings is 1. The van der Waals surface area contributed by atoms with Crippen molar-refractivity contribution in [2.24, 2.45) is 4.99 Å². The van der Waals surface area contributed by atoms with Crippen LogP contribution in [-0.2, 0) is 4.74 Å². The zero-order valence-electron chi connectivity index (χ0n) is 16.9. The summed E-state index contributed by atoms with van der Waals surface area (Å²) in [4.78, 5) is 23.2. The average Bonchev–Trinajstić information content (AvgIpc) is 2.69. The van der Waals surface area contributed by atoms with Crippen molar-refractivity contribution in [3.63, 3.8) is 0 Å². The summed E-state index contributed by atoms with van der Waals surface area (Å²) in [6.07, 6.45) is 4.92. The van der Waals surface area contributed by atoms with Gasteiger partial charge in [-0.15, -0.1) is 0 Å². The van der Waals surface area contributed by atoms with Gasteiger partial charge in [0.2, 0.25) is 0 Å². The lowest BCUT2D eigenvalue weighted by molar-refractivity contribution is 0.0207. The minimum absolute atomic E-state index is 0.0358. The van der Waals surface area contributed by atoms with Crippen LogP contribution in [0.2, 0.25) is 0 Å². The number of rotatable bonds is 6. The van der Waals surface area contributed by atoms with Gasteiger partial charge in [-0.2, -0.15) is 0 Å². The monoisotopic (exact) mass is 378 g/mol. The van der Waals surface area contributed by atoms with E-state index < -0.39 is 0 Å². The summed E-state index contributed by atoms with van der Waals surface area (Å²) in [5.74, 6) is 0.860. The maximum atomic E-state index is 12.4. The molecule has 2 heterocycles. The van der Waals surface area contributed by atoms with E-state index in [-0.39, 0.29) is 18.8 Å². The maximum Gasteiger partial charge on any atom is 0.410 e. The van der Waals surface area contributed by atoms with E-state index >= 15 is 0 Å². The van der Waals surface area contributed by atoms with Crippen LogP contribution in [0.4, 0.5) is 4.79 Å². The molecule has 2 rings (SSSR count). The average molecular weight is 379 g/mol. The van der Waals surface area contributed by atoms with Crippen molar-refractivity contribution >= 4 is 12.3 Å². The van der Waals surface area contributed by atoms with E-state index in [1.54, 1.807) is 6.21 Å². The molecule has 0 spiro atoms. The number of hydrogen-bond acceptors (Lipinski definition) is 6. The van der Waals surface area contributed by atoms with Crippen molar-refractivity contribution in [2.75, 3.05) is 45.9 Å². The highest BCUT2D eigenvalue weighted by Gasteiger charge is 2.28. The van der Waals surface area contributed by atoms with Gasteiger partial charge in [0.05, 0.1) is 6.61 Å². The second-order valence-electron chi connectivity index (χ2n) is 7.41. The molecule has 0 unspecified atom stereocenters. The first-order chi connectivity index (χ1) is 12.9. The fourth-order valence-corrected chi connectivity index (χ4v) is 3.38. The Morgan fingerprint density at radius 1 is 1.19 bits per heavy atom. The van der Waals surface area contributed by atoms with Crippen molar-refractivity contribution in [1.29, 1.82) is 0 Å². The van der Waals surface area contributed by atoms with Crippen LogP contribution in [0.15, 0.2) is 29.0 Å². The normalized spacial score (nSPS) is 20.6. The lowest BCUT2D eigenvalue weighted by Gasteiger charge is -2.38. The summed E-state index contributed by atoms with van der Waals surface area (Å²) in [5, 5.41) is 9.02. The third-order valence-corrected chi connectivity index (χ3v) is 5.18. The van der Waals surface area contributed by atoms with Crippen molar-refractivity contribution < 1.29 is 14.6 Å². The highest BCUT2D eigenvalue weighted by Crippen LogP contribution is 2.20. The lowest BCUT2D eigenvalue weighted by atomic mass is 10.1. The molecule has 2 fully saturated rings. The smallest absolute Gasteiger partial charge is 0.410 e.